The van der Waals surface area contributed by atoms with Crippen molar-refractivity contribution in [1.82, 2.24) is 20.4 Å². The van der Waals surface area contributed by atoms with Crippen LogP contribution in [0.15, 0.2) is 39.8 Å². The first kappa shape index (κ1) is 24.6. The largest absolute Gasteiger partial charge is 0.357 e. The van der Waals surface area contributed by atoms with Crippen LogP contribution in [0.5, 0.6) is 0 Å². The van der Waals surface area contributed by atoms with E-state index in [2.05, 4.69) is 78.4 Å². The van der Waals surface area contributed by atoms with Crippen molar-refractivity contribution in [3.63, 3.8) is 0 Å². The Hall–Kier alpha value is -1.64. The minimum Gasteiger partial charge on any atom is -0.357 e. The first-order valence-corrected chi connectivity index (χ1v) is 11.0. The number of hydrogen-bond acceptors (Lipinski definition) is 4. The lowest BCUT2D eigenvalue weighted by Gasteiger charge is -2.39. The van der Waals surface area contributed by atoms with Crippen molar-refractivity contribution < 1.29 is 4.52 Å². The molecule has 1 aromatic heterocycles. The lowest BCUT2D eigenvalue weighted by Crippen LogP contribution is -2.48. The molecule has 166 valence electrons. The van der Waals surface area contributed by atoms with Gasteiger partial charge in [0.1, 0.15) is 0 Å². The zero-order chi connectivity index (χ0) is 20.6. The molecule has 30 heavy (non-hydrogen) atoms. The van der Waals surface area contributed by atoms with E-state index in [1.54, 1.807) is 0 Å². The lowest BCUT2D eigenvalue weighted by molar-refractivity contribution is 0.234. The molecule has 2 unspecified atom stereocenters. The standard InChI is InChI=1S/C23H35N5O.HI/c1-5-24-23(25-14-9-12-21-26-22(17(2)3)27-29-21)28-15-13-20(18(4)16-28)19-10-7-6-8-11-19;/h6-8,10-11,17-18,20H,5,9,12-16H2,1-4H3,(H,24,25);1H. The van der Waals surface area contributed by atoms with Crippen LogP contribution in [0.2, 0.25) is 0 Å². The van der Waals surface area contributed by atoms with Crippen molar-refractivity contribution in [1.29, 1.82) is 0 Å². The highest BCUT2D eigenvalue weighted by molar-refractivity contribution is 14.0. The fourth-order valence-electron chi connectivity index (χ4n) is 3.98. The van der Waals surface area contributed by atoms with E-state index in [-0.39, 0.29) is 24.0 Å². The molecule has 2 atom stereocenters. The smallest absolute Gasteiger partial charge is 0.226 e. The van der Waals surface area contributed by atoms with E-state index >= 15 is 0 Å². The number of aromatic nitrogens is 2. The summed E-state index contributed by atoms with van der Waals surface area (Å²) >= 11 is 0. The van der Waals surface area contributed by atoms with Crippen LogP contribution in [-0.4, -0.2) is 47.2 Å². The summed E-state index contributed by atoms with van der Waals surface area (Å²) in [6.07, 6.45) is 2.84. The van der Waals surface area contributed by atoms with Gasteiger partial charge >= 0.3 is 0 Å². The molecule has 1 aromatic carbocycles. The number of halogens is 1. The van der Waals surface area contributed by atoms with E-state index in [9.17, 15) is 0 Å². The predicted molar refractivity (Wildman–Crippen MR) is 133 cm³/mol. The number of aryl methyl sites for hydroxylation is 1. The van der Waals surface area contributed by atoms with E-state index in [0.717, 1.165) is 57.2 Å². The van der Waals surface area contributed by atoms with E-state index in [1.807, 2.05) is 0 Å². The van der Waals surface area contributed by atoms with Crippen LogP contribution in [0.4, 0.5) is 0 Å². The molecule has 1 saturated heterocycles. The normalized spacial score (nSPS) is 19.6. The second-order valence-electron chi connectivity index (χ2n) is 8.27. The van der Waals surface area contributed by atoms with Crippen LogP contribution in [0.3, 0.4) is 0 Å². The van der Waals surface area contributed by atoms with E-state index in [4.69, 9.17) is 9.52 Å². The summed E-state index contributed by atoms with van der Waals surface area (Å²) in [4.78, 5) is 11.7. The highest BCUT2D eigenvalue weighted by Crippen LogP contribution is 2.32. The number of guanidine groups is 1. The van der Waals surface area contributed by atoms with Crippen LogP contribution < -0.4 is 5.32 Å². The quantitative estimate of drug-likeness (QED) is 0.243. The second-order valence-corrected chi connectivity index (χ2v) is 8.27. The summed E-state index contributed by atoms with van der Waals surface area (Å²) in [6, 6.07) is 10.9. The number of nitrogens with zero attached hydrogens (tertiary/aromatic N) is 4. The zero-order valence-electron chi connectivity index (χ0n) is 18.7. The number of likely N-dealkylation sites (tertiary alicyclic amines) is 1. The molecule has 3 rings (SSSR count). The molecule has 1 aliphatic heterocycles. The van der Waals surface area contributed by atoms with Gasteiger partial charge in [-0.25, -0.2) is 0 Å². The van der Waals surface area contributed by atoms with Gasteiger partial charge in [0.2, 0.25) is 5.89 Å². The van der Waals surface area contributed by atoms with Crippen molar-refractivity contribution in [3.05, 3.63) is 47.6 Å². The Morgan fingerprint density at radius 3 is 2.70 bits per heavy atom. The zero-order valence-corrected chi connectivity index (χ0v) is 21.0. The molecule has 1 N–H and O–H groups in total. The number of aliphatic imine (C=N–C) groups is 1. The molecule has 0 spiro atoms. The number of piperidine rings is 1. The van der Waals surface area contributed by atoms with Gasteiger partial charge in [0.05, 0.1) is 0 Å². The molecule has 0 aliphatic carbocycles. The maximum Gasteiger partial charge on any atom is 0.226 e. The summed E-state index contributed by atoms with van der Waals surface area (Å²) in [5.41, 5.74) is 1.46. The lowest BCUT2D eigenvalue weighted by atomic mass is 9.82. The van der Waals surface area contributed by atoms with Crippen LogP contribution in [0, 0.1) is 5.92 Å². The summed E-state index contributed by atoms with van der Waals surface area (Å²) < 4.78 is 5.33. The van der Waals surface area contributed by atoms with E-state index in [0.29, 0.717) is 23.6 Å². The summed E-state index contributed by atoms with van der Waals surface area (Å²) in [5.74, 6) is 4.05. The monoisotopic (exact) mass is 525 g/mol. The number of benzene rings is 1. The Morgan fingerprint density at radius 2 is 2.07 bits per heavy atom. The number of hydrogen-bond donors (Lipinski definition) is 1. The average molecular weight is 525 g/mol. The molecule has 1 fully saturated rings. The highest BCUT2D eigenvalue weighted by atomic mass is 127. The molecule has 1 aliphatic rings. The molecule has 0 bridgehead atoms. The van der Waals surface area contributed by atoms with Gasteiger partial charge in [-0.3, -0.25) is 4.99 Å². The first-order valence-electron chi connectivity index (χ1n) is 11.0. The molecule has 0 saturated carbocycles. The van der Waals surface area contributed by atoms with Gasteiger partial charge in [-0.05, 0) is 37.2 Å². The van der Waals surface area contributed by atoms with Crippen LogP contribution in [-0.2, 0) is 6.42 Å². The van der Waals surface area contributed by atoms with Gasteiger partial charge in [-0.15, -0.1) is 24.0 Å². The fourth-order valence-corrected chi connectivity index (χ4v) is 3.98. The number of rotatable bonds is 7. The molecule has 0 radical (unpaired) electrons. The predicted octanol–water partition coefficient (Wildman–Crippen LogP) is 4.83. The third-order valence-corrected chi connectivity index (χ3v) is 5.58. The Bertz CT molecular complexity index is 777. The SMILES string of the molecule is CCNC(=NCCCc1nc(C(C)C)no1)N1CCC(c2ccccc2)C(C)C1.I. The summed E-state index contributed by atoms with van der Waals surface area (Å²) in [5, 5.41) is 7.50. The average Bonchev–Trinajstić information content (AvgIpc) is 3.20. The first-order chi connectivity index (χ1) is 14.1. The van der Waals surface area contributed by atoms with Gasteiger partial charge in [0.15, 0.2) is 11.8 Å². The minimum absolute atomic E-state index is 0. The molecular formula is C23H36IN5O. The maximum absolute atomic E-state index is 5.33. The molecule has 0 amide bonds. The van der Waals surface area contributed by atoms with Crippen LogP contribution >= 0.6 is 24.0 Å². The third-order valence-electron chi connectivity index (χ3n) is 5.58. The van der Waals surface area contributed by atoms with E-state index < -0.39 is 0 Å². The Morgan fingerprint density at radius 1 is 1.30 bits per heavy atom. The van der Waals surface area contributed by atoms with Gasteiger partial charge in [-0.1, -0.05) is 56.3 Å². The van der Waals surface area contributed by atoms with Crippen molar-refractivity contribution in [2.75, 3.05) is 26.2 Å². The van der Waals surface area contributed by atoms with E-state index in [1.165, 1.54) is 5.56 Å². The van der Waals surface area contributed by atoms with Gasteiger partial charge < -0.3 is 14.7 Å². The highest BCUT2D eigenvalue weighted by Gasteiger charge is 2.28. The molecular weight excluding hydrogens is 489 g/mol. The minimum atomic E-state index is 0. The molecule has 2 aromatic rings. The summed E-state index contributed by atoms with van der Waals surface area (Å²) in [6.45, 7) is 12.3. The van der Waals surface area contributed by atoms with Gasteiger partial charge in [0, 0.05) is 38.5 Å². The fraction of sp³-hybridized carbons (Fsp3) is 0.609. The Labute approximate surface area is 197 Å². The molecule has 6 nitrogen and oxygen atoms in total. The second kappa shape index (κ2) is 12.3. The van der Waals surface area contributed by atoms with Crippen molar-refractivity contribution >= 4 is 29.9 Å². The molecule has 2 heterocycles. The topological polar surface area (TPSA) is 66.5 Å². The third kappa shape index (κ3) is 6.68. The Balaban J connectivity index is 0.00000320. The summed E-state index contributed by atoms with van der Waals surface area (Å²) in [7, 11) is 0. The number of nitrogens with one attached hydrogen (secondary N) is 1. The van der Waals surface area contributed by atoms with Crippen molar-refractivity contribution in [2.24, 2.45) is 10.9 Å². The molecule has 7 heteroatoms. The van der Waals surface area contributed by atoms with Crippen LogP contribution in [0.1, 0.15) is 69.7 Å². The Kier molecular flexibility index (Phi) is 10.1. The van der Waals surface area contributed by atoms with Gasteiger partial charge in [0.25, 0.3) is 0 Å². The van der Waals surface area contributed by atoms with Crippen molar-refractivity contribution in [3.8, 4) is 0 Å². The van der Waals surface area contributed by atoms with Crippen molar-refractivity contribution in [2.45, 2.75) is 58.8 Å². The van der Waals surface area contributed by atoms with Gasteiger partial charge in [-0.2, -0.15) is 4.98 Å². The van der Waals surface area contributed by atoms with Crippen LogP contribution in [0.25, 0.3) is 0 Å². The maximum atomic E-state index is 5.33.